The molecule has 1 N–H and O–H groups in total. The maximum atomic E-state index is 13.5. The molecule has 0 aliphatic heterocycles. The first-order valence-corrected chi connectivity index (χ1v) is 7.18. The molecule has 1 aromatic carbocycles. The first-order valence-electron chi connectivity index (χ1n) is 6.80. The monoisotopic (exact) mass is 269 g/mol. The standard InChI is InChI=1S/C15H21ClFN/c1-11-5-7-12(8-6-11)9-18-10-13-14(16)3-2-4-15(13)17/h2-4,11-12,18H,5-10H2,1H3. The molecular formula is C15H21ClFN. The summed E-state index contributed by atoms with van der Waals surface area (Å²) < 4.78 is 13.5. The highest BCUT2D eigenvalue weighted by Gasteiger charge is 2.17. The maximum absolute atomic E-state index is 13.5. The molecule has 0 saturated heterocycles. The average molecular weight is 270 g/mol. The first kappa shape index (κ1) is 13.8. The summed E-state index contributed by atoms with van der Waals surface area (Å²) in [6.07, 6.45) is 5.23. The highest BCUT2D eigenvalue weighted by atomic mass is 35.5. The maximum Gasteiger partial charge on any atom is 0.129 e. The lowest BCUT2D eigenvalue weighted by molar-refractivity contribution is 0.281. The van der Waals surface area contributed by atoms with Crippen LogP contribution in [-0.4, -0.2) is 6.54 Å². The van der Waals surface area contributed by atoms with Crippen molar-refractivity contribution in [3.8, 4) is 0 Å². The summed E-state index contributed by atoms with van der Waals surface area (Å²) in [7, 11) is 0. The van der Waals surface area contributed by atoms with E-state index in [1.54, 1.807) is 12.1 Å². The molecule has 3 heteroatoms. The van der Waals surface area contributed by atoms with Crippen molar-refractivity contribution in [3.63, 3.8) is 0 Å². The van der Waals surface area contributed by atoms with Crippen LogP contribution in [0, 0.1) is 17.7 Å². The minimum atomic E-state index is -0.215. The molecule has 1 aliphatic rings. The van der Waals surface area contributed by atoms with Gasteiger partial charge in [-0.25, -0.2) is 4.39 Å². The quantitative estimate of drug-likeness (QED) is 0.855. The zero-order valence-corrected chi connectivity index (χ0v) is 11.6. The third-order valence-corrected chi connectivity index (χ3v) is 4.29. The Morgan fingerprint density at radius 3 is 2.67 bits per heavy atom. The molecule has 0 spiro atoms. The molecule has 0 amide bonds. The summed E-state index contributed by atoms with van der Waals surface area (Å²) in [4.78, 5) is 0. The van der Waals surface area contributed by atoms with Gasteiger partial charge >= 0.3 is 0 Å². The zero-order valence-electron chi connectivity index (χ0n) is 10.9. The Morgan fingerprint density at radius 2 is 2.00 bits per heavy atom. The van der Waals surface area contributed by atoms with Gasteiger partial charge in [-0.2, -0.15) is 0 Å². The van der Waals surface area contributed by atoms with Crippen molar-refractivity contribution in [2.24, 2.45) is 11.8 Å². The molecule has 2 rings (SSSR count). The fourth-order valence-corrected chi connectivity index (χ4v) is 2.87. The van der Waals surface area contributed by atoms with Gasteiger partial charge < -0.3 is 5.32 Å². The zero-order chi connectivity index (χ0) is 13.0. The highest BCUT2D eigenvalue weighted by molar-refractivity contribution is 6.31. The first-order chi connectivity index (χ1) is 8.66. The molecule has 0 aromatic heterocycles. The molecule has 0 heterocycles. The average Bonchev–Trinajstić information content (AvgIpc) is 2.35. The van der Waals surface area contributed by atoms with E-state index in [-0.39, 0.29) is 5.82 Å². The van der Waals surface area contributed by atoms with E-state index >= 15 is 0 Å². The molecule has 100 valence electrons. The normalized spacial score (nSPS) is 24.2. The van der Waals surface area contributed by atoms with E-state index in [0.29, 0.717) is 17.1 Å². The van der Waals surface area contributed by atoms with Gasteiger partial charge in [0.25, 0.3) is 0 Å². The van der Waals surface area contributed by atoms with Gasteiger partial charge in [0.2, 0.25) is 0 Å². The Bertz CT molecular complexity index is 366. The molecule has 1 fully saturated rings. The second-order valence-corrected chi connectivity index (χ2v) is 5.86. The van der Waals surface area contributed by atoms with Crippen LogP contribution in [0.1, 0.15) is 38.2 Å². The second kappa shape index (κ2) is 6.53. The smallest absolute Gasteiger partial charge is 0.129 e. The molecule has 0 radical (unpaired) electrons. The minimum Gasteiger partial charge on any atom is -0.312 e. The lowest BCUT2D eigenvalue weighted by Crippen LogP contribution is -2.26. The molecule has 1 nitrogen and oxygen atoms in total. The number of hydrogen-bond donors (Lipinski definition) is 1. The minimum absolute atomic E-state index is 0.215. The van der Waals surface area contributed by atoms with E-state index in [1.807, 2.05) is 0 Å². The van der Waals surface area contributed by atoms with Crippen LogP contribution >= 0.6 is 11.6 Å². The molecule has 0 atom stereocenters. The van der Waals surface area contributed by atoms with Crippen molar-refractivity contribution in [1.29, 1.82) is 0 Å². The van der Waals surface area contributed by atoms with Crippen LogP contribution in [0.2, 0.25) is 5.02 Å². The number of halogens is 2. The highest BCUT2D eigenvalue weighted by Crippen LogP contribution is 2.27. The topological polar surface area (TPSA) is 12.0 Å². The number of benzene rings is 1. The van der Waals surface area contributed by atoms with Gasteiger partial charge in [-0.3, -0.25) is 0 Å². The van der Waals surface area contributed by atoms with Crippen molar-refractivity contribution >= 4 is 11.6 Å². The van der Waals surface area contributed by atoms with Crippen LogP contribution < -0.4 is 5.32 Å². The largest absolute Gasteiger partial charge is 0.312 e. The summed E-state index contributed by atoms with van der Waals surface area (Å²) in [6, 6.07) is 4.85. The molecule has 0 bridgehead atoms. The van der Waals surface area contributed by atoms with Gasteiger partial charge in [-0.05, 0) is 43.4 Å². The van der Waals surface area contributed by atoms with Gasteiger partial charge in [-0.15, -0.1) is 0 Å². The van der Waals surface area contributed by atoms with Gasteiger partial charge in [0.1, 0.15) is 5.82 Å². The third kappa shape index (κ3) is 3.69. The van der Waals surface area contributed by atoms with Crippen LogP contribution in [0.4, 0.5) is 4.39 Å². The van der Waals surface area contributed by atoms with Crippen LogP contribution in [0.25, 0.3) is 0 Å². The fourth-order valence-electron chi connectivity index (χ4n) is 2.64. The molecular weight excluding hydrogens is 249 g/mol. The number of rotatable bonds is 4. The number of nitrogens with one attached hydrogen (secondary N) is 1. The van der Waals surface area contributed by atoms with Crippen molar-refractivity contribution < 1.29 is 4.39 Å². The second-order valence-electron chi connectivity index (χ2n) is 5.46. The Labute approximate surface area is 114 Å². The lowest BCUT2D eigenvalue weighted by atomic mass is 9.83. The lowest BCUT2D eigenvalue weighted by Gasteiger charge is -2.26. The van der Waals surface area contributed by atoms with Gasteiger partial charge in [0.05, 0.1) is 0 Å². The van der Waals surface area contributed by atoms with Gasteiger partial charge in [0, 0.05) is 17.1 Å². The fraction of sp³-hybridized carbons (Fsp3) is 0.600. The molecule has 1 aliphatic carbocycles. The van der Waals surface area contributed by atoms with E-state index < -0.39 is 0 Å². The van der Waals surface area contributed by atoms with Crippen molar-refractivity contribution in [1.82, 2.24) is 5.32 Å². The SMILES string of the molecule is CC1CCC(CNCc2c(F)cccc2Cl)CC1. The molecule has 18 heavy (non-hydrogen) atoms. The summed E-state index contributed by atoms with van der Waals surface area (Å²) in [5.74, 6) is 1.40. The predicted molar refractivity (Wildman–Crippen MR) is 74.2 cm³/mol. The van der Waals surface area contributed by atoms with Crippen LogP contribution in [-0.2, 0) is 6.54 Å². The van der Waals surface area contributed by atoms with Gasteiger partial charge in [-0.1, -0.05) is 37.4 Å². The molecule has 1 saturated carbocycles. The van der Waals surface area contributed by atoms with Gasteiger partial charge in [0.15, 0.2) is 0 Å². The summed E-state index contributed by atoms with van der Waals surface area (Å²) in [5.41, 5.74) is 0.586. The Balaban J connectivity index is 1.78. The third-order valence-electron chi connectivity index (χ3n) is 3.93. The summed E-state index contributed by atoms with van der Waals surface area (Å²) in [5, 5.41) is 3.86. The van der Waals surface area contributed by atoms with E-state index in [1.165, 1.54) is 31.7 Å². The van der Waals surface area contributed by atoms with E-state index in [2.05, 4.69) is 12.2 Å². The molecule has 0 unspecified atom stereocenters. The predicted octanol–water partition coefficient (Wildman–Crippen LogP) is 4.40. The summed E-state index contributed by atoms with van der Waals surface area (Å²) in [6.45, 7) is 3.82. The summed E-state index contributed by atoms with van der Waals surface area (Å²) >= 11 is 5.99. The van der Waals surface area contributed by atoms with Crippen LogP contribution in [0.3, 0.4) is 0 Å². The molecule has 1 aromatic rings. The Morgan fingerprint density at radius 1 is 1.28 bits per heavy atom. The van der Waals surface area contributed by atoms with Crippen LogP contribution in [0.5, 0.6) is 0 Å². The van der Waals surface area contributed by atoms with E-state index in [0.717, 1.165) is 18.4 Å². The van der Waals surface area contributed by atoms with E-state index in [9.17, 15) is 4.39 Å². The van der Waals surface area contributed by atoms with Crippen molar-refractivity contribution in [2.75, 3.05) is 6.54 Å². The van der Waals surface area contributed by atoms with Crippen molar-refractivity contribution in [3.05, 3.63) is 34.6 Å². The van der Waals surface area contributed by atoms with Crippen LogP contribution in [0.15, 0.2) is 18.2 Å². The Kier molecular flexibility index (Phi) is 5.02. The van der Waals surface area contributed by atoms with Crippen molar-refractivity contribution in [2.45, 2.75) is 39.2 Å². The Hall–Kier alpha value is -0.600. The number of hydrogen-bond acceptors (Lipinski definition) is 1. The van der Waals surface area contributed by atoms with E-state index in [4.69, 9.17) is 11.6 Å².